The molecule has 0 heterocycles. The van der Waals surface area contributed by atoms with E-state index in [0.717, 1.165) is 12.8 Å². The van der Waals surface area contributed by atoms with Gasteiger partial charge in [-0.3, -0.25) is 4.79 Å². The van der Waals surface area contributed by atoms with Crippen LogP contribution >= 0.6 is 0 Å². The molecule has 0 radical (unpaired) electrons. The molecule has 0 saturated heterocycles. The fourth-order valence-electron chi connectivity index (χ4n) is 2.08. The van der Waals surface area contributed by atoms with E-state index in [2.05, 4.69) is 0 Å². The van der Waals surface area contributed by atoms with E-state index in [9.17, 15) is 13.2 Å². The van der Waals surface area contributed by atoms with Crippen molar-refractivity contribution in [3.8, 4) is 0 Å². The van der Waals surface area contributed by atoms with E-state index in [4.69, 9.17) is 5.14 Å². The Morgan fingerprint density at radius 2 is 2.05 bits per heavy atom. The van der Waals surface area contributed by atoms with Crippen molar-refractivity contribution in [2.75, 3.05) is 7.05 Å². The predicted molar refractivity (Wildman–Crippen MR) is 72.3 cm³/mol. The SMILES string of the molecule is CCc1ccc(C(=O)N(C)C2CC2)cc1S(N)(=O)=O. The second-order valence-electron chi connectivity index (χ2n) is 4.87. The Bertz CT molecular complexity index is 606. The maximum absolute atomic E-state index is 12.2. The van der Waals surface area contributed by atoms with E-state index in [1.54, 1.807) is 24.1 Å². The number of aryl methyl sites for hydroxylation is 1. The van der Waals surface area contributed by atoms with E-state index >= 15 is 0 Å². The van der Waals surface area contributed by atoms with Gasteiger partial charge >= 0.3 is 0 Å². The number of benzene rings is 1. The first kappa shape index (κ1) is 14.0. The van der Waals surface area contributed by atoms with E-state index in [0.29, 0.717) is 17.5 Å². The van der Waals surface area contributed by atoms with Gasteiger partial charge in [-0.15, -0.1) is 0 Å². The molecule has 1 amide bonds. The van der Waals surface area contributed by atoms with Crippen LogP contribution in [0.2, 0.25) is 0 Å². The minimum Gasteiger partial charge on any atom is -0.339 e. The maximum Gasteiger partial charge on any atom is 0.253 e. The number of primary sulfonamides is 1. The summed E-state index contributed by atoms with van der Waals surface area (Å²) in [5.74, 6) is -0.157. The van der Waals surface area contributed by atoms with Crippen LogP contribution in [0.5, 0.6) is 0 Å². The fourth-order valence-corrected chi connectivity index (χ4v) is 2.94. The normalized spacial score (nSPS) is 15.3. The number of carbonyl (C=O) groups excluding carboxylic acids is 1. The lowest BCUT2D eigenvalue weighted by Crippen LogP contribution is -2.29. The van der Waals surface area contributed by atoms with Crippen molar-refractivity contribution in [1.29, 1.82) is 0 Å². The van der Waals surface area contributed by atoms with Crippen molar-refractivity contribution in [1.82, 2.24) is 4.90 Å². The van der Waals surface area contributed by atoms with Gasteiger partial charge < -0.3 is 4.90 Å². The first-order chi connectivity index (χ1) is 8.84. The summed E-state index contributed by atoms with van der Waals surface area (Å²) in [7, 11) is -2.06. The van der Waals surface area contributed by atoms with Crippen molar-refractivity contribution in [3.63, 3.8) is 0 Å². The van der Waals surface area contributed by atoms with Crippen molar-refractivity contribution >= 4 is 15.9 Å². The first-order valence-corrected chi connectivity index (χ1v) is 7.82. The highest BCUT2D eigenvalue weighted by molar-refractivity contribution is 7.89. The second kappa shape index (κ2) is 4.94. The van der Waals surface area contributed by atoms with Gasteiger partial charge in [0.2, 0.25) is 10.0 Å². The molecule has 19 heavy (non-hydrogen) atoms. The van der Waals surface area contributed by atoms with Crippen LogP contribution in [0.15, 0.2) is 23.1 Å². The summed E-state index contributed by atoms with van der Waals surface area (Å²) in [6, 6.07) is 4.99. The van der Waals surface area contributed by atoms with Crippen molar-refractivity contribution in [2.24, 2.45) is 5.14 Å². The third-order valence-corrected chi connectivity index (χ3v) is 4.41. The van der Waals surface area contributed by atoms with Gasteiger partial charge in [0.15, 0.2) is 0 Å². The molecule has 1 fully saturated rings. The Labute approximate surface area is 113 Å². The van der Waals surface area contributed by atoms with Gasteiger partial charge in [0, 0.05) is 18.7 Å². The van der Waals surface area contributed by atoms with Gasteiger partial charge in [0.25, 0.3) is 5.91 Å². The Hall–Kier alpha value is -1.40. The molecule has 1 aliphatic rings. The number of rotatable bonds is 4. The molecule has 1 aliphatic carbocycles. The number of amides is 1. The van der Waals surface area contributed by atoms with Gasteiger partial charge in [-0.1, -0.05) is 13.0 Å². The van der Waals surface area contributed by atoms with Crippen LogP contribution < -0.4 is 5.14 Å². The average Bonchev–Trinajstić information content (AvgIpc) is 3.19. The Morgan fingerprint density at radius 1 is 1.42 bits per heavy atom. The van der Waals surface area contributed by atoms with Gasteiger partial charge in [0.05, 0.1) is 4.90 Å². The van der Waals surface area contributed by atoms with Crippen LogP contribution in [-0.2, 0) is 16.4 Å². The van der Waals surface area contributed by atoms with Crippen LogP contribution in [0.1, 0.15) is 35.7 Å². The lowest BCUT2D eigenvalue weighted by Gasteiger charge is -2.17. The molecule has 0 spiro atoms. The van der Waals surface area contributed by atoms with E-state index in [1.165, 1.54) is 6.07 Å². The van der Waals surface area contributed by atoms with E-state index in [1.807, 2.05) is 6.92 Å². The van der Waals surface area contributed by atoms with Crippen molar-refractivity contribution in [2.45, 2.75) is 37.1 Å². The number of hydrogen-bond acceptors (Lipinski definition) is 3. The summed E-state index contributed by atoms with van der Waals surface area (Å²) in [6.07, 6.45) is 2.58. The molecular formula is C13H18N2O3S. The second-order valence-corrected chi connectivity index (χ2v) is 6.40. The van der Waals surface area contributed by atoms with Crippen LogP contribution in [-0.4, -0.2) is 32.3 Å². The third kappa shape index (κ3) is 2.96. The fraction of sp³-hybridized carbons (Fsp3) is 0.462. The summed E-state index contributed by atoms with van der Waals surface area (Å²) >= 11 is 0. The smallest absolute Gasteiger partial charge is 0.253 e. The Morgan fingerprint density at radius 3 is 2.53 bits per heavy atom. The molecular weight excluding hydrogens is 264 g/mol. The summed E-state index contributed by atoms with van der Waals surface area (Å²) in [6.45, 7) is 1.85. The largest absolute Gasteiger partial charge is 0.339 e. The number of hydrogen-bond donors (Lipinski definition) is 1. The molecule has 0 aliphatic heterocycles. The highest BCUT2D eigenvalue weighted by Gasteiger charge is 2.30. The molecule has 2 N–H and O–H groups in total. The number of sulfonamides is 1. The zero-order valence-electron chi connectivity index (χ0n) is 11.1. The van der Waals surface area contributed by atoms with E-state index < -0.39 is 10.0 Å². The number of nitrogens with two attached hydrogens (primary N) is 1. The molecule has 2 rings (SSSR count). The average molecular weight is 282 g/mol. The van der Waals surface area contributed by atoms with Gasteiger partial charge in [0.1, 0.15) is 0 Å². The summed E-state index contributed by atoms with van der Waals surface area (Å²) in [5.41, 5.74) is 1.00. The Balaban J connectivity index is 2.40. The molecule has 6 heteroatoms. The molecule has 0 atom stereocenters. The van der Waals surface area contributed by atoms with Crippen molar-refractivity contribution < 1.29 is 13.2 Å². The number of carbonyl (C=O) groups is 1. The topological polar surface area (TPSA) is 80.5 Å². The quantitative estimate of drug-likeness (QED) is 0.899. The van der Waals surface area contributed by atoms with Crippen LogP contribution in [0.3, 0.4) is 0 Å². The third-order valence-electron chi connectivity index (χ3n) is 3.42. The molecule has 0 unspecified atom stereocenters. The van der Waals surface area contributed by atoms with Gasteiger partial charge in [-0.05, 0) is 37.0 Å². The summed E-state index contributed by atoms with van der Waals surface area (Å²) in [5, 5.41) is 5.20. The molecule has 104 valence electrons. The monoisotopic (exact) mass is 282 g/mol. The van der Waals surface area contributed by atoms with E-state index in [-0.39, 0.29) is 16.8 Å². The van der Waals surface area contributed by atoms with Crippen molar-refractivity contribution in [3.05, 3.63) is 29.3 Å². The molecule has 1 aromatic carbocycles. The lowest BCUT2D eigenvalue weighted by molar-refractivity contribution is 0.0785. The molecule has 0 bridgehead atoms. The minimum atomic E-state index is -3.80. The highest BCUT2D eigenvalue weighted by Crippen LogP contribution is 2.27. The maximum atomic E-state index is 12.2. The van der Waals surface area contributed by atoms with Crippen LogP contribution in [0.25, 0.3) is 0 Å². The zero-order valence-corrected chi connectivity index (χ0v) is 11.9. The molecule has 1 aromatic rings. The molecule has 5 nitrogen and oxygen atoms in total. The predicted octanol–water partition coefficient (Wildman–Crippen LogP) is 1.13. The Kier molecular flexibility index (Phi) is 3.64. The van der Waals surface area contributed by atoms with Crippen LogP contribution in [0.4, 0.5) is 0 Å². The van der Waals surface area contributed by atoms with Gasteiger partial charge in [-0.2, -0.15) is 0 Å². The molecule has 1 saturated carbocycles. The summed E-state index contributed by atoms with van der Waals surface area (Å²) < 4.78 is 23.1. The lowest BCUT2D eigenvalue weighted by atomic mass is 10.1. The highest BCUT2D eigenvalue weighted by atomic mass is 32.2. The summed E-state index contributed by atoms with van der Waals surface area (Å²) in [4.78, 5) is 13.9. The molecule has 0 aromatic heterocycles. The standard InChI is InChI=1S/C13H18N2O3S/c1-3-9-4-5-10(8-12(9)19(14,17)18)13(16)15(2)11-6-7-11/h4-5,8,11H,3,6-7H2,1-2H3,(H2,14,17,18). The number of nitrogens with zero attached hydrogens (tertiary/aromatic N) is 1. The van der Waals surface area contributed by atoms with Gasteiger partial charge in [-0.25, -0.2) is 13.6 Å². The zero-order chi connectivity index (χ0) is 14.2. The first-order valence-electron chi connectivity index (χ1n) is 6.27. The van der Waals surface area contributed by atoms with Crippen LogP contribution in [0, 0.1) is 0 Å². The minimum absolute atomic E-state index is 0.0463.